The molecule has 0 fully saturated rings. The summed E-state index contributed by atoms with van der Waals surface area (Å²) in [5.41, 5.74) is 1.53. The number of hydrogen-bond donors (Lipinski definition) is 3. The zero-order valence-electron chi connectivity index (χ0n) is 14.9. The van der Waals surface area contributed by atoms with E-state index in [0.717, 1.165) is 0 Å². The maximum atomic E-state index is 13.2. The summed E-state index contributed by atoms with van der Waals surface area (Å²) in [6, 6.07) is 10.6. The number of carbonyl (C=O) groups is 3. The van der Waals surface area contributed by atoms with Gasteiger partial charge in [-0.05, 0) is 35.9 Å². The van der Waals surface area contributed by atoms with Crippen LogP contribution < -0.4 is 10.6 Å². The van der Waals surface area contributed by atoms with Crippen LogP contribution >= 0.6 is 0 Å². The zero-order valence-corrected chi connectivity index (χ0v) is 14.9. The van der Waals surface area contributed by atoms with E-state index in [2.05, 4.69) is 15.7 Å². The molecule has 0 saturated carbocycles. The molecule has 0 unspecified atom stereocenters. The maximum Gasteiger partial charge on any atom is 0.335 e. The highest BCUT2D eigenvalue weighted by Gasteiger charge is 2.33. The first kappa shape index (κ1) is 18.4. The van der Waals surface area contributed by atoms with Crippen LogP contribution in [0.4, 0.5) is 15.9 Å². The molecule has 2 amide bonds. The molecule has 146 valence electrons. The molecular formula is C20H15FN4O4. The van der Waals surface area contributed by atoms with E-state index < -0.39 is 17.9 Å². The van der Waals surface area contributed by atoms with Gasteiger partial charge in [-0.15, -0.1) is 0 Å². The first-order chi connectivity index (χ1) is 13.9. The van der Waals surface area contributed by atoms with E-state index in [-0.39, 0.29) is 23.7 Å². The van der Waals surface area contributed by atoms with Crippen LogP contribution in [0.3, 0.4) is 0 Å². The van der Waals surface area contributed by atoms with Crippen molar-refractivity contribution in [2.24, 2.45) is 0 Å². The molecule has 0 saturated heterocycles. The Bertz CT molecular complexity index is 1120. The minimum absolute atomic E-state index is 0.0301. The molecular weight excluding hydrogens is 379 g/mol. The fourth-order valence-corrected chi connectivity index (χ4v) is 3.17. The van der Waals surface area contributed by atoms with Gasteiger partial charge in [0.15, 0.2) is 0 Å². The number of nitrogens with zero attached hydrogens (tertiary/aromatic N) is 2. The molecule has 29 heavy (non-hydrogen) atoms. The summed E-state index contributed by atoms with van der Waals surface area (Å²) in [5, 5.41) is 18.7. The van der Waals surface area contributed by atoms with Crippen LogP contribution in [0.1, 0.15) is 22.8 Å². The number of carboxylic acids is 1. The van der Waals surface area contributed by atoms with Crippen molar-refractivity contribution in [3.05, 3.63) is 66.1 Å². The number of anilines is 2. The summed E-state index contributed by atoms with van der Waals surface area (Å²) in [4.78, 5) is 36.1. The summed E-state index contributed by atoms with van der Waals surface area (Å²) < 4.78 is 14.6. The average molecular weight is 394 g/mol. The second-order valence-corrected chi connectivity index (χ2v) is 6.50. The Labute approximate surface area is 164 Å². The van der Waals surface area contributed by atoms with Gasteiger partial charge in [-0.1, -0.05) is 18.2 Å². The van der Waals surface area contributed by atoms with Gasteiger partial charge >= 0.3 is 5.97 Å². The molecule has 3 N–H and O–H groups in total. The first-order valence-corrected chi connectivity index (χ1v) is 8.70. The molecule has 0 aliphatic carbocycles. The van der Waals surface area contributed by atoms with Crippen LogP contribution in [-0.4, -0.2) is 32.7 Å². The number of nitrogens with one attached hydrogen (secondary N) is 2. The third-order valence-electron chi connectivity index (χ3n) is 4.56. The maximum absolute atomic E-state index is 13.2. The number of hydrogen-bond acceptors (Lipinski definition) is 4. The smallest absolute Gasteiger partial charge is 0.335 e. The van der Waals surface area contributed by atoms with Crippen LogP contribution in [0.5, 0.6) is 0 Å². The standard InChI is InChI=1S/C20H15FN4O4/c21-13-6-4-11(5-7-13)15-10-22-25-16(9-17(26)24-18(15)25)19(27)23-14-3-1-2-12(8-14)20(28)29/h1-8,10,16H,9H2,(H,23,27)(H,24,26)(H,28,29)/t16-/m1/s1. The second-order valence-electron chi connectivity index (χ2n) is 6.50. The van der Waals surface area contributed by atoms with Gasteiger partial charge in [0, 0.05) is 11.3 Å². The van der Waals surface area contributed by atoms with Gasteiger partial charge in [0.25, 0.3) is 0 Å². The largest absolute Gasteiger partial charge is 0.478 e. The summed E-state index contributed by atoms with van der Waals surface area (Å²) in [6.45, 7) is 0. The van der Waals surface area contributed by atoms with Crippen molar-refractivity contribution in [1.82, 2.24) is 9.78 Å². The van der Waals surface area contributed by atoms with Crippen molar-refractivity contribution in [3.63, 3.8) is 0 Å². The van der Waals surface area contributed by atoms with Crippen LogP contribution in [0, 0.1) is 5.82 Å². The van der Waals surface area contributed by atoms with Crippen LogP contribution in [0.2, 0.25) is 0 Å². The van der Waals surface area contributed by atoms with E-state index >= 15 is 0 Å². The molecule has 1 aromatic heterocycles. The van der Waals surface area contributed by atoms with Gasteiger partial charge in [-0.2, -0.15) is 5.10 Å². The lowest BCUT2D eigenvalue weighted by molar-refractivity contribution is -0.125. The Morgan fingerprint density at radius 1 is 1.21 bits per heavy atom. The minimum atomic E-state index is -1.11. The molecule has 8 nitrogen and oxygen atoms in total. The highest BCUT2D eigenvalue weighted by atomic mass is 19.1. The van der Waals surface area contributed by atoms with Crippen molar-refractivity contribution in [3.8, 4) is 11.1 Å². The lowest BCUT2D eigenvalue weighted by Gasteiger charge is -2.24. The number of halogens is 1. The monoisotopic (exact) mass is 394 g/mol. The summed E-state index contributed by atoms with van der Waals surface area (Å²) in [6.07, 6.45) is 1.38. The molecule has 1 aliphatic rings. The van der Waals surface area contributed by atoms with E-state index in [1.54, 1.807) is 18.2 Å². The number of aromatic carboxylic acids is 1. The third-order valence-corrected chi connectivity index (χ3v) is 4.56. The van der Waals surface area contributed by atoms with Crippen LogP contribution in [0.15, 0.2) is 54.7 Å². The first-order valence-electron chi connectivity index (χ1n) is 8.70. The Balaban J connectivity index is 1.64. The van der Waals surface area contributed by atoms with E-state index in [4.69, 9.17) is 5.11 Å². The van der Waals surface area contributed by atoms with Crippen molar-refractivity contribution < 1.29 is 23.9 Å². The molecule has 2 heterocycles. The predicted octanol–water partition coefficient (Wildman–Crippen LogP) is 2.91. The van der Waals surface area contributed by atoms with Gasteiger partial charge in [0.1, 0.15) is 17.7 Å². The van der Waals surface area contributed by atoms with E-state index in [1.165, 1.54) is 41.2 Å². The Hall–Kier alpha value is -4.01. The van der Waals surface area contributed by atoms with E-state index in [1.807, 2.05) is 0 Å². The summed E-state index contributed by atoms with van der Waals surface area (Å²) >= 11 is 0. The number of fused-ring (bicyclic) bond motifs is 1. The highest BCUT2D eigenvalue weighted by Crippen LogP contribution is 2.34. The average Bonchev–Trinajstić information content (AvgIpc) is 3.11. The number of aromatic nitrogens is 2. The fraction of sp³-hybridized carbons (Fsp3) is 0.100. The minimum Gasteiger partial charge on any atom is -0.478 e. The normalized spacial score (nSPS) is 15.3. The SMILES string of the molecule is O=C1C[C@H](C(=O)Nc2cccc(C(=O)O)c2)n2ncc(-c3ccc(F)cc3)c2N1. The van der Waals surface area contributed by atoms with E-state index in [9.17, 15) is 18.8 Å². The van der Waals surface area contributed by atoms with Crippen molar-refractivity contribution in [1.29, 1.82) is 0 Å². The van der Waals surface area contributed by atoms with Gasteiger partial charge in [-0.3, -0.25) is 9.59 Å². The van der Waals surface area contributed by atoms with Gasteiger partial charge in [0.05, 0.1) is 18.2 Å². The molecule has 9 heteroatoms. The summed E-state index contributed by atoms with van der Waals surface area (Å²) in [5.74, 6) is -2.03. The molecule has 4 rings (SSSR count). The number of carboxylic acid groups (broad SMARTS) is 1. The number of benzene rings is 2. The summed E-state index contributed by atoms with van der Waals surface area (Å²) in [7, 11) is 0. The van der Waals surface area contributed by atoms with Crippen molar-refractivity contribution >= 4 is 29.3 Å². The Morgan fingerprint density at radius 3 is 2.69 bits per heavy atom. The number of carbonyl (C=O) groups excluding carboxylic acids is 2. The molecule has 0 radical (unpaired) electrons. The molecule has 0 spiro atoms. The van der Waals surface area contributed by atoms with Gasteiger partial charge in [0.2, 0.25) is 11.8 Å². The van der Waals surface area contributed by atoms with Gasteiger partial charge in [-0.25, -0.2) is 13.9 Å². The van der Waals surface area contributed by atoms with E-state index in [0.29, 0.717) is 22.6 Å². The highest BCUT2D eigenvalue weighted by molar-refractivity contribution is 6.03. The molecule has 0 bridgehead atoms. The van der Waals surface area contributed by atoms with Crippen molar-refractivity contribution in [2.45, 2.75) is 12.5 Å². The Morgan fingerprint density at radius 2 is 1.97 bits per heavy atom. The zero-order chi connectivity index (χ0) is 20.5. The molecule has 3 aromatic rings. The lowest BCUT2D eigenvalue weighted by Crippen LogP contribution is -2.35. The molecule has 1 aliphatic heterocycles. The van der Waals surface area contributed by atoms with Crippen LogP contribution in [0.25, 0.3) is 11.1 Å². The topological polar surface area (TPSA) is 113 Å². The number of amides is 2. The predicted molar refractivity (Wildman–Crippen MR) is 102 cm³/mol. The third kappa shape index (κ3) is 3.57. The second kappa shape index (κ2) is 7.19. The van der Waals surface area contributed by atoms with Crippen molar-refractivity contribution in [2.75, 3.05) is 10.6 Å². The van der Waals surface area contributed by atoms with Gasteiger partial charge < -0.3 is 15.7 Å². The fourth-order valence-electron chi connectivity index (χ4n) is 3.17. The van der Waals surface area contributed by atoms with Crippen LogP contribution in [-0.2, 0) is 9.59 Å². The molecule has 1 atom stereocenters. The lowest BCUT2D eigenvalue weighted by atomic mass is 10.1. The number of rotatable bonds is 4. The quantitative estimate of drug-likeness (QED) is 0.630. The Kier molecular flexibility index (Phi) is 4.55. The molecule has 2 aromatic carbocycles.